The molecule has 4 aliphatic rings. The summed E-state index contributed by atoms with van der Waals surface area (Å²) in [5.41, 5.74) is -7.56. The minimum absolute atomic E-state index is 0.0414. The number of nitrogens with one attached hydrogen (secondary N) is 1. The zero-order valence-electron chi connectivity index (χ0n) is 35.5. The van der Waals surface area contributed by atoms with E-state index in [1.165, 1.54) is 39.8 Å². The van der Waals surface area contributed by atoms with Gasteiger partial charge in [-0.2, -0.15) is 0 Å². The molecule has 1 saturated heterocycles. The smallest absolute Gasteiger partial charge is 0.338 e. The number of ketones is 1. The first-order valence-corrected chi connectivity index (χ1v) is 21.0. The first-order chi connectivity index (χ1) is 29.7. The summed E-state index contributed by atoms with van der Waals surface area (Å²) in [6, 6.07) is 22.8. The highest BCUT2D eigenvalue weighted by Gasteiger charge is 2.80. The third-order valence-electron chi connectivity index (χ3n) is 13.5. The fraction of sp³-hybridized carbons (Fsp3) is 0.447. The van der Waals surface area contributed by atoms with E-state index in [9.17, 15) is 39.3 Å². The van der Waals surface area contributed by atoms with Gasteiger partial charge in [0.15, 0.2) is 23.6 Å². The van der Waals surface area contributed by atoms with Crippen molar-refractivity contribution in [3.8, 4) is 0 Å². The standard InChI is InChI=1S/C47H50ClNO14/c1-24-30(61-43(57)34(52)33(27-16-10-7-11-17-27)49-41(55)28-18-12-8-13-19-28)22-47(58)40(62-42(56)29-20-14-9-15-21-29)36-45(6,38(54)35(60-25(2)50)31(24)44(47,4)5)37(53)32(48)39-46(36,23-59-39)63-26(3)51/h7-21,30,32-37,39-40,52-53,58H,22-23H2,1-6H3,(H,49,55)/t30-,32-,33-,34+,35+,36?,37-,39+,40-,45-,46+,47+/m0/s1. The molecule has 12 atom stereocenters. The minimum atomic E-state index is -2.44. The molecule has 0 aromatic heterocycles. The Morgan fingerprint density at radius 3 is 1.95 bits per heavy atom. The van der Waals surface area contributed by atoms with Crippen molar-refractivity contribution in [1.29, 1.82) is 0 Å². The monoisotopic (exact) mass is 887 g/mol. The van der Waals surface area contributed by atoms with Crippen molar-refractivity contribution in [1.82, 2.24) is 5.32 Å². The Hall–Kier alpha value is -5.45. The first-order valence-electron chi connectivity index (χ1n) is 20.5. The molecule has 3 fully saturated rings. The fourth-order valence-corrected chi connectivity index (χ4v) is 10.8. The van der Waals surface area contributed by atoms with Crippen molar-refractivity contribution in [3.63, 3.8) is 0 Å². The molecular formula is C47H50ClNO14. The number of carbonyl (C=O) groups excluding carboxylic acids is 6. The highest BCUT2D eigenvalue weighted by molar-refractivity contribution is 6.22. The van der Waals surface area contributed by atoms with E-state index in [0.29, 0.717) is 5.56 Å². The van der Waals surface area contributed by atoms with E-state index in [-0.39, 0.29) is 22.3 Å². The summed E-state index contributed by atoms with van der Waals surface area (Å²) in [5.74, 6) is -7.19. The summed E-state index contributed by atoms with van der Waals surface area (Å²) >= 11 is 6.88. The molecular weight excluding hydrogens is 838 g/mol. The molecule has 1 amide bonds. The third-order valence-corrected chi connectivity index (χ3v) is 13.9. The molecule has 16 heteroatoms. The Kier molecular flexibility index (Phi) is 12.2. The van der Waals surface area contributed by atoms with Gasteiger partial charge in [0, 0.05) is 31.2 Å². The van der Waals surface area contributed by atoms with Gasteiger partial charge >= 0.3 is 23.9 Å². The van der Waals surface area contributed by atoms with Crippen LogP contribution < -0.4 is 5.32 Å². The molecule has 1 heterocycles. The normalized spacial score (nSPS) is 32.7. The number of hydrogen-bond acceptors (Lipinski definition) is 14. The quantitative estimate of drug-likeness (QED) is 0.0981. The topological polar surface area (TPSA) is 221 Å². The molecule has 3 aromatic carbocycles. The van der Waals surface area contributed by atoms with Gasteiger partial charge in [-0.25, -0.2) is 9.59 Å². The van der Waals surface area contributed by atoms with E-state index in [1.807, 2.05) is 0 Å². The number of esters is 4. The number of alkyl halides is 1. The summed E-state index contributed by atoms with van der Waals surface area (Å²) < 4.78 is 30.2. The van der Waals surface area contributed by atoms with Crippen molar-refractivity contribution in [2.24, 2.45) is 16.7 Å². The lowest BCUT2D eigenvalue weighted by molar-refractivity contribution is -0.344. The number of ether oxygens (including phenoxy) is 5. The molecule has 0 spiro atoms. The largest absolute Gasteiger partial charge is 0.456 e. The molecule has 2 saturated carbocycles. The molecule has 1 aliphatic heterocycles. The van der Waals surface area contributed by atoms with Crippen LogP contribution in [0.25, 0.3) is 0 Å². The van der Waals surface area contributed by atoms with Crippen LogP contribution in [0.4, 0.5) is 0 Å². The van der Waals surface area contributed by atoms with Crippen molar-refractivity contribution in [3.05, 3.63) is 119 Å². The van der Waals surface area contributed by atoms with Crippen LogP contribution >= 0.6 is 11.6 Å². The van der Waals surface area contributed by atoms with Crippen LogP contribution in [-0.4, -0.2) is 111 Å². The molecule has 7 rings (SSSR count). The van der Waals surface area contributed by atoms with Gasteiger partial charge in [0.2, 0.25) is 0 Å². The van der Waals surface area contributed by atoms with Gasteiger partial charge in [0.05, 0.1) is 41.0 Å². The number of amides is 1. The zero-order chi connectivity index (χ0) is 45.8. The number of fused-ring (bicyclic) bond motifs is 5. The Morgan fingerprint density at radius 1 is 0.841 bits per heavy atom. The Bertz CT molecular complexity index is 2320. The molecule has 2 bridgehead atoms. The molecule has 63 heavy (non-hydrogen) atoms. The minimum Gasteiger partial charge on any atom is -0.456 e. The maximum atomic E-state index is 15.6. The van der Waals surface area contributed by atoms with Crippen LogP contribution in [0, 0.1) is 16.7 Å². The molecule has 4 N–H and O–H groups in total. The Labute approximate surface area is 368 Å². The number of carbonyl (C=O) groups is 6. The summed E-state index contributed by atoms with van der Waals surface area (Å²) in [6.45, 7) is 7.67. The zero-order valence-corrected chi connectivity index (χ0v) is 36.2. The average Bonchev–Trinajstić information content (AvgIpc) is 3.24. The number of benzene rings is 3. The lowest BCUT2D eigenvalue weighted by Gasteiger charge is -2.68. The number of Topliss-reactive ketones (excluding diaryl/α,β-unsaturated/α-hetero) is 1. The van der Waals surface area contributed by atoms with E-state index in [4.69, 9.17) is 35.3 Å². The number of aliphatic hydroxyl groups excluding tert-OH is 2. The van der Waals surface area contributed by atoms with Gasteiger partial charge in [-0.15, -0.1) is 11.6 Å². The van der Waals surface area contributed by atoms with Gasteiger partial charge < -0.3 is 44.3 Å². The van der Waals surface area contributed by atoms with E-state index < -0.39 is 125 Å². The van der Waals surface area contributed by atoms with Gasteiger partial charge in [-0.3, -0.25) is 19.2 Å². The SMILES string of the molecule is CC(=O)O[C@H]1C(=O)[C@@]2(C)C([C@H](OC(=O)c3ccccc3)[C@]3(O)C[C@H](OC(=O)[C@H](O)[C@@H](NC(=O)c4ccccc4)c4ccccc4)C(C)=C1C3(C)C)[C@]1(OC(C)=O)CO[C@@H]1[C@@H](Cl)[C@@H]2O. The van der Waals surface area contributed by atoms with Crippen LogP contribution in [0.1, 0.15) is 80.3 Å². The first kappa shape index (κ1) is 45.6. The third kappa shape index (κ3) is 7.52. The van der Waals surface area contributed by atoms with Crippen molar-refractivity contribution in [2.45, 2.75) is 107 Å². The average molecular weight is 888 g/mol. The van der Waals surface area contributed by atoms with E-state index in [0.717, 1.165) is 13.8 Å². The van der Waals surface area contributed by atoms with Gasteiger partial charge in [0.25, 0.3) is 5.91 Å². The van der Waals surface area contributed by atoms with Gasteiger partial charge in [-0.1, -0.05) is 80.6 Å². The van der Waals surface area contributed by atoms with Crippen LogP contribution in [0.15, 0.2) is 102 Å². The second kappa shape index (κ2) is 16.9. The maximum absolute atomic E-state index is 15.6. The van der Waals surface area contributed by atoms with Crippen molar-refractivity contribution >= 4 is 47.2 Å². The predicted octanol–water partition coefficient (Wildman–Crippen LogP) is 3.95. The summed E-state index contributed by atoms with van der Waals surface area (Å²) in [5, 5.41) is 39.0. The summed E-state index contributed by atoms with van der Waals surface area (Å²) in [4.78, 5) is 83.7. The van der Waals surface area contributed by atoms with Crippen molar-refractivity contribution < 1.29 is 67.8 Å². The van der Waals surface area contributed by atoms with Crippen LogP contribution in [0.3, 0.4) is 0 Å². The van der Waals surface area contributed by atoms with Crippen LogP contribution in [0.5, 0.6) is 0 Å². The van der Waals surface area contributed by atoms with Gasteiger partial charge in [0.1, 0.15) is 23.9 Å². The molecule has 1 unspecified atom stereocenters. The second-order valence-corrected chi connectivity index (χ2v) is 17.9. The maximum Gasteiger partial charge on any atom is 0.338 e. The number of hydrogen-bond donors (Lipinski definition) is 4. The summed E-state index contributed by atoms with van der Waals surface area (Å²) in [6.07, 6.45) is -11.1. The molecule has 334 valence electrons. The molecule has 3 aromatic rings. The molecule has 0 radical (unpaired) electrons. The second-order valence-electron chi connectivity index (χ2n) is 17.4. The lowest BCUT2D eigenvalue weighted by atomic mass is 9.44. The molecule has 15 nitrogen and oxygen atoms in total. The van der Waals surface area contributed by atoms with Gasteiger partial charge in [-0.05, 0) is 54.8 Å². The predicted molar refractivity (Wildman–Crippen MR) is 223 cm³/mol. The summed E-state index contributed by atoms with van der Waals surface area (Å²) in [7, 11) is 0. The Morgan fingerprint density at radius 2 is 1.41 bits per heavy atom. The number of rotatable bonds is 10. The molecule has 3 aliphatic carbocycles. The van der Waals surface area contributed by atoms with E-state index in [2.05, 4.69) is 5.32 Å². The van der Waals surface area contributed by atoms with Crippen LogP contribution in [-0.2, 0) is 42.9 Å². The number of halogens is 1. The van der Waals surface area contributed by atoms with E-state index >= 15 is 4.79 Å². The Balaban J connectivity index is 1.40. The van der Waals surface area contributed by atoms with Crippen molar-refractivity contribution in [2.75, 3.05) is 6.61 Å². The lowest BCUT2D eigenvalue weighted by Crippen LogP contribution is -2.84. The highest BCUT2D eigenvalue weighted by atomic mass is 35.5. The highest BCUT2D eigenvalue weighted by Crippen LogP contribution is 2.65. The van der Waals surface area contributed by atoms with Crippen LogP contribution in [0.2, 0.25) is 0 Å². The fourth-order valence-electron chi connectivity index (χ4n) is 10.2. The van der Waals surface area contributed by atoms with E-state index in [1.54, 1.807) is 78.9 Å². The number of aliphatic hydroxyl groups is 3.